The van der Waals surface area contributed by atoms with E-state index in [1.54, 1.807) is 18.2 Å². The lowest BCUT2D eigenvalue weighted by Gasteiger charge is -2.07. The van der Waals surface area contributed by atoms with Gasteiger partial charge >= 0.3 is 0 Å². The van der Waals surface area contributed by atoms with Gasteiger partial charge in [0.2, 0.25) is 0 Å². The SMILES string of the molecule is NC(=O)c1ccc(=O)n(Cc2cc(Br)ccc2Cl)n1. The van der Waals surface area contributed by atoms with Crippen LogP contribution in [0.15, 0.2) is 39.6 Å². The maximum absolute atomic E-state index is 11.7. The second kappa shape index (κ2) is 5.54. The number of amides is 1. The van der Waals surface area contributed by atoms with Crippen molar-refractivity contribution in [1.29, 1.82) is 0 Å². The van der Waals surface area contributed by atoms with Crippen LogP contribution in [-0.2, 0) is 6.54 Å². The average Bonchev–Trinajstić information content (AvgIpc) is 2.36. The largest absolute Gasteiger partial charge is 0.364 e. The first-order valence-electron chi connectivity index (χ1n) is 5.29. The molecule has 0 atom stereocenters. The van der Waals surface area contributed by atoms with Gasteiger partial charge in [-0.1, -0.05) is 27.5 Å². The van der Waals surface area contributed by atoms with Crippen molar-refractivity contribution in [3.63, 3.8) is 0 Å². The summed E-state index contributed by atoms with van der Waals surface area (Å²) < 4.78 is 1.99. The summed E-state index contributed by atoms with van der Waals surface area (Å²) >= 11 is 9.37. The summed E-state index contributed by atoms with van der Waals surface area (Å²) in [7, 11) is 0. The number of carbonyl (C=O) groups excluding carboxylic acids is 1. The number of halogens is 2. The molecular formula is C12H9BrClN3O2. The first kappa shape index (κ1) is 13.8. The fourth-order valence-electron chi connectivity index (χ4n) is 1.52. The second-order valence-corrected chi connectivity index (χ2v) is 5.14. The molecule has 2 rings (SSSR count). The van der Waals surface area contributed by atoms with Crippen molar-refractivity contribution in [2.75, 3.05) is 0 Å². The molecule has 0 unspecified atom stereocenters. The highest BCUT2D eigenvalue weighted by Crippen LogP contribution is 2.21. The zero-order valence-electron chi connectivity index (χ0n) is 9.64. The Kier molecular flexibility index (Phi) is 4.01. The van der Waals surface area contributed by atoms with Crippen LogP contribution in [-0.4, -0.2) is 15.7 Å². The molecule has 0 spiro atoms. The minimum Gasteiger partial charge on any atom is -0.364 e. The Morgan fingerprint density at radius 1 is 1.37 bits per heavy atom. The molecule has 1 heterocycles. The van der Waals surface area contributed by atoms with Gasteiger partial charge < -0.3 is 5.73 Å². The van der Waals surface area contributed by atoms with Gasteiger partial charge in [-0.3, -0.25) is 9.59 Å². The lowest BCUT2D eigenvalue weighted by molar-refractivity contribution is 0.0993. The lowest BCUT2D eigenvalue weighted by atomic mass is 10.2. The van der Waals surface area contributed by atoms with Crippen LogP contribution < -0.4 is 11.3 Å². The molecule has 19 heavy (non-hydrogen) atoms. The maximum Gasteiger partial charge on any atom is 0.269 e. The Hall–Kier alpha value is -1.66. The number of rotatable bonds is 3. The van der Waals surface area contributed by atoms with E-state index in [1.165, 1.54) is 12.1 Å². The molecule has 0 saturated heterocycles. The first-order chi connectivity index (χ1) is 8.97. The van der Waals surface area contributed by atoms with E-state index in [0.29, 0.717) is 10.6 Å². The molecule has 2 N–H and O–H groups in total. The van der Waals surface area contributed by atoms with Gasteiger partial charge in [0.15, 0.2) is 0 Å². The third kappa shape index (κ3) is 3.21. The minimum absolute atomic E-state index is 0.0331. The van der Waals surface area contributed by atoms with Crippen molar-refractivity contribution in [1.82, 2.24) is 9.78 Å². The molecule has 0 aliphatic rings. The van der Waals surface area contributed by atoms with Crippen LogP contribution in [0.2, 0.25) is 5.02 Å². The zero-order valence-corrected chi connectivity index (χ0v) is 12.0. The van der Waals surface area contributed by atoms with Crippen LogP contribution in [0.3, 0.4) is 0 Å². The van der Waals surface area contributed by atoms with Gasteiger partial charge in [-0.05, 0) is 29.8 Å². The number of benzene rings is 1. The van der Waals surface area contributed by atoms with Gasteiger partial charge in [0.1, 0.15) is 5.69 Å². The van der Waals surface area contributed by atoms with Crippen LogP contribution in [0.1, 0.15) is 16.1 Å². The van der Waals surface area contributed by atoms with Gasteiger partial charge in [-0.15, -0.1) is 0 Å². The summed E-state index contributed by atoms with van der Waals surface area (Å²) in [6.07, 6.45) is 0. The number of nitrogens with zero attached hydrogens (tertiary/aromatic N) is 2. The Balaban J connectivity index is 2.43. The van der Waals surface area contributed by atoms with Crippen LogP contribution in [0, 0.1) is 0 Å². The Labute approximate surface area is 122 Å². The molecule has 1 amide bonds. The monoisotopic (exact) mass is 341 g/mol. The predicted molar refractivity (Wildman–Crippen MR) is 75.3 cm³/mol. The highest BCUT2D eigenvalue weighted by Gasteiger charge is 2.08. The summed E-state index contributed by atoms with van der Waals surface area (Å²) in [6, 6.07) is 7.84. The van der Waals surface area contributed by atoms with Crippen molar-refractivity contribution in [2.45, 2.75) is 6.54 Å². The normalized spacial score (nSPS) is 10.4. The molecule has 0 aliphatic carbocycles. The molecule has 0 saturated carbocycles. The molecule has 1 aromatic heterocycles. The predicted octanol–water partition coefficient (Wildman–Crippen LogP) is 1.81. The summed E-state index contributed by atoms with van der Waals surface area (Å²) in [5.41, 5.74) is 5.55. The van der Waals surface area contributed by atoms with E-state index >= 15 is 0 Å². The molecule has 0 radical (unpaired) electrons. The minimum atomic E-state index is -0.686. The van der Waals surface area contributed by atoms with E-state index in [9.17, 15) is 9.59 Å². The third-order valence-electron chi connectivity index (χ3n) is 2.45. The van der Waals surface area contributed by atoms with Gasteiger partial charge in [-0.2, -0.15) is 5.10 Å². The summed E-state index contributed by atoms with van der Waals surface area (Å²) in [6.45, 7) is 0.165. The average molecular weight is 343 g/mol. The third-order valence-corrected chi connectivity index (χ3v) is 3.31. The highest BCUT2D eigenvalue weighted by molar-refractivity contribution is 9.10. The molecule has 7 heteroatoms. The van der Waals surface area contributed by atoms with E-state index in [2.05, 4.69) is 21.0 Å². The lowest BCUT2D eigenvalue weighted by Crippen LogP contribution is -2.26. The maximum atomic E-state index is 11.7. The Morgan fingerprint density at radius 3 is 2.79 bits per heavy atom. The molecular weight excluding hydrogens is 334 g/mol. The van der Waals surface area contributed by atoms with E-state index in [4.69, 9.17) is 17.3 Å². The van der Waals surface area contributed by atoms with E-state index in [0.717, 1.165) is 9.15 Å². The van der Waals surface area contributed by atoms with Gasteiger partial charge in [0.25, 0.3) is 11.5 Å². The van der Waals surface area contributed by atoms with E-state index < -0.39 is 5.91 Å². The number of hydrogen-bond donors (Lipinski definition) is 1. The number of aromatic nitrogens is 2. The van der Waals surface area contributed by atoms with Crippen LogP contribution in [0.5, 0.6) is 0 Å². The second-order valence-electron chi connectivity index (χ2n) is 3.81. The fraction of sp³-hybridized carbons (Fsp3) is 0.0833. The fourth-order valence-corrected chi connectivity index (χ4v) is 2.11. The summed E-state index contributed by atoms with van der Waals surface area (Å²) in [4.78, 5) is 22.7. The first-order valence-corrected chi connectivity index (χ1v) is 6.46. The van der Waals surface area contributed by atoms with E-state index in [1.807, 2.05) is 0 Å². The molecule has 0 aliphatic heterocycles. The van der Waals surface area contributed by atoms with Gasteiger partial charge in [-0.25, -0.2) is 4.68 Å². The number of primary amides is 1. The number of nitrogens with two attached hydrogens (primary N) is 1. The van der Waals surface area contributed by atoms with E-state index in [-0.39, 0.29) is 17.8 Å². The van der Waals surface area contributed by atoms with Crippen molar-refractivity contribution in [2.24, 2.45) is 5.73 Å². The zero-order chi connectivity index (χ0) is 14.0. The molecule has 2 aromatic rings. The van der Waals surface area contributed by atoms with Gasteiger partial charge in [0, 0.05) is 15.6 Å². The van der Waals surface area contributed by atoms with Crippen molar-refractivity contribution in [3.05, 3.63) is 61.4 Å². The van der Waals surface area contributed by atoms with Crippen LogP contribution >= 0.6 is 27.5 Å². The molecule has 5 nitrogen and oxygen atoms in total. The molecule has 1 aromatic carbocycles. The van der Waals surface area contributed by atoms with Crippen molar-refractivity contribution in [3.8, 4) is 0 Å². The Bertz CT molecular complexity index is 700. The number of hydrogen-bond acceptors (Lipinski definition) is 3. The van der Waals surface area contributed by atoms with Gasteiger partial charge in [0.05, 0.1) is 6.54 Å². The Morgan fingerprint density at radius 2 is 2.11 bits per heavy atom. The summed E-state index contributed by atoms with van der Waals surface area (Å²) in [5.74, 6) is -0.686. The highest BCUT2D eigenvalue weighted by atomic mass is 79.9. The topological polar surface area (TPSA) is 78.0 Å². The summed E-state index contributed by atoms with van der Waals surface area (Å²) in [5, 5.41) is 4.41. The quantitative estimate of drug-likeness (QED) is 0.924. The van der Waals surface area contributed by atoms with Crippen LogP contribution in [0.25, 0.3) is 0 Å². The molecule has 0 fully saturated rings. The van der Waals surface area contributed by atoms with Crippen molar-refractivity contribution >= 4 is 33.4 Å². The molecule has 0 bridgehead atoms. The molecule has 98 valence electrons. The van der Waals surface area contributed by atoms with Crippen LogP contribution in [0.4, 0.5) is 0 Å². The standard InChI is InChI=1S/C12H9BrClN3O2/c13-8-1-2-9(14)7(5-8)6-17-11(18)4-3-10(16-17)12(15)19/h1-5H,6H2,(H2,15,19). The smallest absolute Gasteiger partial charge is 0.269 e. The van der Waals surface area contributed by atoms with Crippen molar-refractivity contribution < 1.29 is 4.79 Å². The number of carbonyl (C=O) groups is 1.